The molecule has 21 heavy (non-hydrogen) atoms. The van der Waals surface area contributed by atoms with Crippen molar-refractivity contribution < 1.29 is 9.59 Å². The van der Waals surface area contributed by atoms with Crippen LogP contribution in [0.3, 0.4) is 0 Å². The fourth-order valence-electron chi connectivity index (χ4n) is 2.39. The molecular weight excluding hydrogens is 264 g/mol. The molecule has 0 fully saturated rings. The zero-order chi connectivity index (χ0) is 15.7. The van der Waals surface area contributed by atoms with Gasteiger partial charge in [0.15, 0.2) is 0 Å². The Morgan fingerprint density at radius 2 is 1.90 bits per heavy atom. The van der Waals surface area contributed by atoms with E-state index in [9.17, 15) is 9.59 Å². The standard InChI is InChI=1S/C17H29N2O2/c1-4-14(2)16-17(21)19(3)13-11-9-7-5-6-8-10-12-15(20)18-16/h5,7,12,14,16H,4,6,8-11,13H2,1-3H3,(H,18,20)/b7-5+/t14-,16?/m1/s1. The summed E-state index contributed by atoms with van der Waals surface area (Å²) in [4.78, 5) is 26.3. The van der Waals surface area contributed by atoms with Gasteiger partial charge in [-0.2, -0.15) is 0 Å². The number of likely N-dealkylation sites (N-methyl/N-ethyl adjacent to an activating group) is 1. The SMILES string of the molecule is CC[C@@H](C)C1NC(=O)[CH]CCC/C=C/CCCN(C)C1=O. The lowest BCUT2D eigenvalue weighted by Crippen LogP contribution is -2.51. The summed E-state index contributed by atoms with van der Waals surface area (Å²) in [6.45, 7) is 4.79. The molecule has 4 nitrogen and oxygen atoms in total. The highest BCUT2D eigenvalue weighted by atomic mass is 16.2. The second-order valence-corrected chi connectivity index (χ2v) is 5.88. The topological polar surface area (TPSA) is 49.4 Å². The Morgan fingerprint density at radius 1 is 1.24 bits per heavy atom. The number of hydrogen-bond donors (Lipinski definition) is 1. The lowest BCUT2D eigenvalue weighted by Gasteiger charge is -2.28. The summed E-state index contributed by atoms with van der Waals surface area (Å²) in [5.74, 6) is 0.0420. The van der Waals surface area contributed by atoms with Crippen molar-refractivity contribution >= 4 is 11.8 Å². The molecule has 1 aliphatic heterocycles. The Balaban J connectivity index is 2.76. The molecule has 1 radical (unpaired) electrons. The van der Waals surface area contributed by atoms with Crippen molar-refractivity contribution in [3.05, 3.63) is 18.6 Å². The molecule has 2 amide bonds. The highest BCUT2D eigenvalue weighted by molar-refractivity contribution is 5.91. The third kappa shape index (κ3) is 6.32. The van der Waals surface area contributed by atoms with Gasteiger partial charge in [0, 0.05) is 20.0 Å². The van der Waals surface area contributed by atoms with Crippen molar-refractivity contribution in [2.24, 2.45) is 5.92 Å². The van der Waals surface area contributed by atoms with Crippen LogP contribution in [0.15, 0.2) is 12.2 Å². The van der Waals surface area contributed by atoms with Crippen LogP contribution >= 0.6 is 0 Å². The summed E-state index contributed by atoms with van der Waals surface area (Å²) >= 11 is 0. The van der Waals surface area contributed by atoms with Gasteiger partial charge >= 0.3 is 0 Å². The van der Waals surface area contributed by atoms with Crippen LogP contribution < -0.4 is 5.32 Å². The van der Waals surface area contributed by atoms with Crippen LogP contribution in [0.1, 0.15) is 52.4 Å². The number of hydrogen-bond acceptors (Lipinski definition) is 2. The Bertz CT molecular complexity index is 366. The number of nitrogens with one attached hydrogen (secondary N) is 1. The van der Waals surface area contributed by atoms with Gasteiger partial charge in [-0.25, -0.2) is 0 Å². The highest BCUT2D eigenvalue weighted by Gasteiger charge is 2.28. The molecule has 1 N–H and O–H groups in total. The van der Waals surface area contributed by atoms with Crippen molar-refractivity contribution in [3.63, 3.8) is 0 Å². The molecule has 1 unspecified atom stereocenters. The number of carbonyl (C=O) groups is 2. The number of allylic oxidation sites excluding steroid dienone is 2. The first-order valence-corrected chi connectivity index (χ1v) is 8.10. The molecule has 1 rings (SSSR count). The van der Waals surface area contributed by atoms with Crippen molar-refractivity contribution in [2.75, 3.05) is 13.6 Å². The summed E-state index contributed by atoms with van der Waals surface area (Å²) in [7, 11) is 1.82. The van der Waals surface area contributed by atoms with Gasteiger partial charge in [-0.3, -0.25) is 9.59 Å². The molecule has 0 aliphatic carbocycles. The average Bonchev–Trinajstić information content (AvgIpc) is 2.48. The van der Waals surface area contributed by atoms with Gasteiger partial charge in [0.05, 0.1) is 0 Å². The number of rotatable bonds is 2. The van der Waals surface area contributed by atoms with Crippen LogP contribution in [0.25, 0.3) is 0 Å². The van der Waals surface area contributed by atoms with Gasteiger partial charge in [-0.15, -0.1) is 0 Å². The molecule has 1 aliphatic rings. The molecule has 2 atom stereocenters. The Hall–Kier alpha value is -1.32. The molecule has 4 heteroatoms. The number of amides is 2. The molecule has 0 bridgehead atoms. The first-order valence-electron chi connectivity index (χ1n) is 8.10. The lowest BCUT2D eigenvalue weighted by atomic mass is 9.97. The molecule has 0 spiro atoms. The van der Waals surface area contributed by atoms with E-state index in [-0.39, 0.29) is 17.7 Å². The van der Waals surface area contributed by atoms with Gasteiger partial charge in [-0.1, -0.05) is 32.4 Å². The molecule has 1 heterocycles. The van der Waals surface area contributed by atoms with E-state index in [1.165, 1.54) is 0 Å². The lowest BCUT2D eigenvalue weighted by molar-refractivity contribution is -0.136. The first-order chi connectivity index (χ1) is 10.1. The van der Waals surface area contributed by atoms with Crippen LogP contribution in [-0.2, 0) is 9.59 Å². The van der Waals surface area contributed by atoms with Crippen LogP contribution in [0.5, 0.6) is 0 Å². The van der Waals surface area contributed by atoms with Crippen molar-refractivity contribution in [1.82, 2.24) is 10.2 Å². The van der Waals surface area contributed by atoms with Gasteiger partial charge in [0.1, 0.15) is 6.04 Å². The summed E-state index contributed by atoms with van der Waals surface area (Å²) in [6.07, 6.45) is 11.6. The normalized spacial score (nSPS) is 25.9. The number of carbonyl (C=O) groups excluding carboxylic acids is 2. The van der Waals surface area contributed by atoms with Crippen LogP contribution in [0, 0.1) is 12.3 Å². The smallest absolute Gasteiger partial charge is 0.245 e. The maximum absolute atomic E-state index is 12.5. The van der Waals surface area contributed by atoms with E-state index in [4.69, 9.17) is 0 Å². The Kier molecular flexibility index (Phi) is 8.09. The summed E-state index contributed by atoms with van der Waals surface area (Å²) in [5, 5.41) is 2.90. The van der Waals surface area contributed by atoms with Gasteiger partial charge in [0.25, 0.3) is 0 Å². The molecular formula is C17H29N2O2. The fraction of sp³-hybridized carbons (Fsp3) is 0.706. The van der Waals surface area contributed by atoms with Crippen molar-refractivity contribution in [3.8, 4) is 0 Å². The molecule has 119 valence electrons. The maximum Gasteiger partial charge on any atom is 0.245 e. The minimum atomic E-state index is -0.415. The highest BCUT2D eigenvalue weighted by Crippen LogP contribution is 2.12. The van der Waals surface area contributed by atoms with Gasteiger partial charge in [0.2, 0.25) is 11.8 Å². The molecule has 0 saturated heterocycles. The van der Waals surface area contributed by atoms with E-state index in [1.54, 1.807) is 11.3 Å². The zero-order valence-corrected chi connectivity index (χ0v) is 13.6. The molecule has 0 aromatic rings. The third-order valence-corrected chi connectivity index (χ3v) is 4.09. The molecule has 0 saturated carbocycles. The second-order valence-electron chi connectivity index (χ2n) is 5.88. The van der Waals surface area contributed by atoms with Crippen molar-refractivity contribution in [2.45, 2.75) is 58.4 Å². The monoisotopic (exact) mass is 293 g/mol. The minimum absolute atomic E-state index is 0.0205. The van der Waals surface area contributed by atoms with Crippen LogP contribution in [0.2, 0.25) is 0 Å². The van der Waals surface area contributed by atoms with Gasteiger partial charge < -0.3 is 10.2 Å². The van der Waals surface area contributed by atoms with E-state index >= 15 is 0 Å². The van der Waals surface area contributed by atoms with E-state index in [0.29, 0.717) is 0 Å². The largest absolute Gasteiger partial charge is 0.344 e. The first kappa shape index (κ1) is 17.7. The third-order valence-electron chi connectivity index (χ3n) is 4.09. The Morgan fingerprint density at radius 3 is 2.57 bits per heavy atom. The maximum atomic E-state index is 12.5. The van der Waals surface area contributed by atoms with Crippen LogP contribution in [0.4, 0.5) is 0 Å². The summed E-state index contributed by atoms with van der Waals surface area (Å²) in [5.41, 5.74) is 0. The predicted molar refractivity (Wildman–Crippen MR) is 85.5 cm³/mol. The minimum Gasteiger partial charge on any atom is -0.344 e. The average molecular weight is 293 g/mol. The second kappa shape index (κ2) is 9.59. The zero-order valence-electron chi connectivity index (χ0n) is 13.6. The summed E-state index contributed by atoms with van der Waals surface area (Å²) in [6, 6.07) is -0.415. The quantitative estimate of drug-likeness (QED) is 0.796. The van der Waals surface area contributed by atoms with E-state index in [1.807, 2.05) is 20.9 Å². The Labute approximate surface area is 129 Å². The van der Waals surface area contributed by atoms with E-state index in [2.05, 4.69) is 17.5 Å². The molecule has 0 aromatic heterocycles. The number of nitrogens with zero attached hydrogens (tertiary/aromatic N) is 1. The van der Waals surface area contributed by atoms with E-state index < -0.39 is 6.04 Å². The molecule has 0 aromatic carbocycles. The van der Waals surface area contributed by atoms with Crippen LogP contribution in [-0.4, -0.2) is 36.3 Å². The van der Waals surface area contributed by atoms with Crippen molar-refractivity contribution in [1.29, 1.82) is 0 Å². The summed E-state index contributed by atoms with van der Waals surface area (Å²) < 4.78 is 0. The van der Waals surface area contributed by atoms with Gasteiger partial charge in [-0.05, 0) is 38.0 Å². The fourth-order valence-corrected chi connectivity index (χ4v) is 2.39. The predicted octanol–water partition coefficient (Wildman–Crippen LogP) is 2.70. The van der Waals surface area contributed by atoms with E-state index in [0.717, 1.165) is 45.1 Å².